The van der Waals surface area contributed by atoms with Gasteiger partial charge in [-0.15, -0.1) is 0 Å². The van der Waals surface area contributed by atoms with E-state index in [4.69, 9.17) is 0 Å². The Bertz CT molecular complexity index is 1170. The third-order valence-electron chi connectivity index (χ3n) is 5.03. The number of benzene rings is 2. The molecule has 0 radical (unpaired) electrons. The minimum absolute atomic E-state index is 0.139. The van der Waals surface area contributed by atoms with Gasteiger partial charge in [-0.25, -0.2) is 13.1 Å². The molecule has 29 heavy (non-hydrogen) atoms. The number of para-hydroxylation sites is 1. The van der Waals surface area contributed by atoms with Crippen LogP contribution in [-0.2, 0) is 10.0 Å². The summed E-state index contributed by atoms with van der Waals surface area (Å²) in [5.41, 5.74) is 4.01. The molecular weight excluding hydrogens is 388 g/mol. The lowest BCUT2D eigenvalue weighted by Crippen LogP contribution is -2.25. The van der Waals surface area contributed by atoms with Crippen LogP contribution in [0.15, 0.2) is 54.6 Å². The molecule has 1 amide bonds. The van der Waals surface area contributed by atoms with Gasteiger partial charge < -0.3 is 5.32 Å². The zero-order chi connectivity index (χ0) is 20.6. The van der Waals surface area contributed by atoms with E-state index in [2.05, 4.69) is 10.4 Å². The molecule has 3 aromatic rings. The van der Waals surface area contributed by atoms with Gasteiger partial charge in [0.15, 0.2) is 0 Å². The highest BCUT2D eigenvalue weighted by Crippen LogP contribution is 2.26. The fourth-order valence-electron chi connectivity index (χ4n) is 3.56. The van der Waals surface area contributed by atoms with Crippen LogP contribution in [0.3, 0.4) is 0 Å². The molecule has 0 spiro atoms. The first kappa shape index (κ1) is 19.2. The van der Waals surface area contributed by atoms with Crippen molar-refractivity contribution < 1.29 is 13.2 Å². The number of rotatable bonds is 4. The predicted molar refractivity (Wildman–Crippen MR) is 113 cm³/mol. The lowest BCUT2D eigenvalue weighted by molar-refractivity contribution is 0.102. The average Bonchev–Trinajstić information content (AvgIpc) is 3.21. The smallest absolute Gasteiger partial charge is 0.255 e. The summed E-state index contributed by atoms with van der Waals surface area (Å²) in [5, 5.41) is 7.47. The second-order valence-electron chi connectivity index (χ2n) is 7.04. The van der Waals surface area contributed by atoms with Gasteiger partial charge in [0.1, 0.15) is 0 Å². The summed E-state index contributed by atoms with van der Waals surface area (Å²) < 4.78 is 27.5. The average molecular weight is 410 g/mol. The van der Waals surface area contributed by atoms with Crippen molar-refractivity contribution in [3.05, 3.63) is 71.5 Å². The van der Waals surface area contributed by atoms with E-state index in [0.717, 1.165) is 11.4 Å². The number of nitrogens with zero attached hydrogens (tertiary/aromatic N) is 3. The quantitative estimate of drug-likeness (QED) is 0.715. The van der Waals surface area contributed by atoms with Gasteiger partial charge in [-0.2, -0.15) is 5.10 Å². The van der Waals surface area contributed by atoms with E-state index in [-0.39, 0.29) is 11.7 Å². The van der Waals surface area contributed by atoms with Crippen LogP contribution in [0.25, 0.3) is 5.69 Å². The molecule has 0 unspecified atom stereocenters. The number of sulfonamides is 1. The molecule has 1 aliphatic rings. The molecule has 1 saturated heterocycles. The van der Waals surface area contributed by atoms with E-state index < -0.39 is 10.0 Å². The van der Waals surface area contributed by atoms with Crippen LogP contribution in [0.2, 0.25) is 0 Å². The Morgan fingerprint density at radius 2 is 1.76 bits per heavy atom. The molecule has 1 N–H and O–H groups in total. The normalized spacial score (nSPS) is 15.4. The lowest BCUT2D eigenvalue weighted by Gasteiger charge is -2.17. The minimum Gasteiger partial charge on any atom is -0.319 e. The first-order chi connectivity index (χ1) is 13.9. The van der Waals surface area contributed by atoms with E-state index in [1.54, 1.807) is 28.9 Å². The van der Waals surface area contributed by atoms with Crippen molar-refractivity contribution in [1.82, 2.24) is 9.78 Å². The molecule has 8 heteroatoms. The molecule has 1 aliphatic heterocycles. The maximum absolute atomic E-state index is 12.9. The van der Waals surface area contributed by atoms with Crippen molar-refractivity contribution in [3.8, 4) is 5.69 Å². The Balaban J connectivity index is 1.61. The molecule has 1 fully saturated rings. The number of anilines is 2. The molecule has 7 nitrogen and oxygen atoms in total. The van der Waals surface area contributed by atoms with Crippen LogP contribution in [0.5, 0.6) is 0 Å². The second-order valence-corrected chi connectivity index (χ2v) is 9.05. The molecule has 0 saturated carbocycles. The molecule has 2 aromatic carbocycles. The number of carbonyl (C=O) groups is 1. The van der Waals surface area contributed by atoms with Gasteiger partial charge in [-0.05, 0) is 50.6 Å². The maximum atomic E-state index is 12.9. The Morgan fingerprint density at radius 1 is 1.03 bits per heavy atom. The van der Waals surface area contributed by atoms with E-state index in [1.807, 2.05) is 44.2 Å². The van der Waals surface area contributed by atoms with Crippen molar-refractivity contribution in [2.75, 3.05) is 21.9 Å². The number of hydrogen-bond acceptors (Lipinski definition) is 4. The van der Waals surface area contributed by atoms with Gasteiger partial charge >= 0.3 is 0 Å². The third kappa shape index (κ3) is 3.63. The van der Waals surface area contributed by atoms with Crippen LogP contribution < -0.4 is 9.62 Å². The first-order valence-corrected chi connectivity index (χ1v) is 11.0. The van der Waals surface area contributed by atoms with Gasteiger partial charge in [0.2, 0.25) is 10.0 Å². The molecule has 0 atom stereocenters. The molecule has 150 valence electrons. The van der Waals surface area contributed by atoms with E-state index in [9.17, 15) is 13.2 Å². The van der Waals surface area contributed by atoms with E-state index in [1.165, 1.54) is 4.31 Å². The summed E-state index contributed by atoms with van der Waals surface area (Å²) in [7, 11) is -3.29. The zero-order valence-electron chi connectivity index (χ0n) is 16.3. The Hall–Kier alpha value is -3.13. The summed E-state index contributed by atoms with van der Waals surface area (Å²) in [6.07, 6.45) is 0.593. The Morgan fingerprint density at radius 3 is 2.45 bits per heavy atom. The van der Waals surface area contributed by atoms with Crippen LogP contribution in [-0.4, -0.2) is 36.4 Å². The monoisotopic (exact) mass is 410 g/mol. The van der Waals surface area contributed by atoms with Gasteiger partial charge in [-0.1, -0.05) is 24.3 Å². The highest BCUT2D eigenvalue weighted by Gasteiger charge is 2.28. The largest absolute Gasteiger partial charge is 0.319 e. The topological polar surface area (TPSA) is 84.3 Å². The zero-order valence-corrected chi connectivity index (χ0v) is 17.1. The number of aryl methyl sites for hydroxylation is 1. The third-order valence-corrected chi connectivity index (χ3v) is 6.90. The lowest BCUT2D eigenvalue weighted by atomic mass is 10.1. The molecular formula is C21H22N4O3S. The van der Waals surface area contributed by atoms with Crippen molar-refractivity contribution in [1.29, 1.82) is 0 Å². The summed E-state index contributed by atoms with van der Waals surface area (Å²) in [6.45, 7) is 4.18. The van der Waals surface area contributed by atoms with Gasteiger partial charge in [-0.3, -0.25) is 9.10 Å². The predicted octanol–water partition coefficient (Wildman–Crippen LogP) is 3.28. The van der Waals surface area contributed by atoms with Gasteiger partial charge in [0.25, 0.3) is 5.91 Å². The van der Waals surface area contributed by atoms with Crippen molar-refractivity contribution in [3.63, 3.8) is 0 Å². The van der Waals surface area contributed by atoms with Crippen molar-refractivity contribution in [2.45, 2.75) is 20.3 Å². The van der Waals surface area contributed by atoms with Crippen LogP contribution in [0.4, 0.5) is 11.4 Å². The highest BCUT2D eigenvalue weighted by atomic mass is 32.2. The standard InChI is InChI=1S/C21H22N4O3S/c1-15-20(16(2)25(23-15)18-9-4-3-5-10-18)22-21(26)17-8-6-11-19(14-17)24-12-7-13-29(24,27)28/h3-6,8-11,14H,7,12-13H2,1-2H3,(H,22,26). The molecule has 0 aliphatic carbocycles. The number of amides is 1. The summed E-state index contributed by atoms with van der Waals surface area (Å²) >= 11 is 0. The van der Waals surface area contributed by atoms with Crippen molar-refractivity contribution in [2.24, 2.45) is 0 Å². The van der Waals surface area contributed by atoms with E-state index in [0.29, 0.717) is 35.6 Å². The fraction of sp³-hybridized carbons (Fsp3) is 0.238. The van der Waals surface area contributed by atoms with Gasteiger partial charge in [0, 0.05) is 12.1 Å². The second kappa shape index (κ2) is 7.36. The number of carbonyl (C=O) groups excluding carboxylic acids is 1. The van der Waals surface area contributed by atoms with Crippen LogP contribution in [0, 0.1) is 13.8 Å². The first-order valence-electron chi connectivity index (χ1n) is 9.40. The molecule has 0 bridgehead atoms. The van der Waals surface area contributed by atoms with E-state index >= 15 is 0 Å². The van der Waals surface area contributed by atoms with Crippen LogP contribution in [0.1, 0.15) is 28.2 Å². The minimum atomic E-state index is -3.29. The number of nitrogens with one attached hydrogen (secondary N) is 1. The summed E-state index contributed by atoms with van der Waals surface area (Å²) in [5.74, 6) is -0.164. The SMILES string of the molecule is Cc1nn(-c2ccccc2)c(C)c1NC(=O)c1cccc(N2CCCS2(=O)=O)c1. The summed E-state index contributed by atoms with van der Waals surface area (Å²) in [6, 6.07) is 16.4. The van der Waals surface area contributed by atoms with Crippen LogP contribution >= 0.6 is 0 Å². The van der Waals surface area contributed by atoms with Gasteiger partial charge in [0.05, 0.1) is 34.2 Å². The molecule has 2 heterocycles. The highest BCUT2D eigenvalue weighted by molar-refractivity contribution is 7.93. The molecule has 4 rings (SSSR count). The summed E-state index contributed by atoms with van der Waals surface area (Å²) in [4.78, 5) is 12.9. The number of aromatic nitrogens is 2. The van der Waals surface area contributed by atoms with Crippen molar-refractivity contribution >= 4 is 27.3 Å². The Kier molecular flexibility index (Phi) is 4.87. The molecule has 1 aromatic heterocycles. The maximum Gasteiger partial charge on any atom is 0.255 e. The fourth-order valence-corrected chi connectivity index (χ4v) is 5.12. The number of hydrogen-bond donors (Lipinski definition) is 1. The Labute approximate surface area is 170 Å².